The Morgan fingerprint density at radius 2 is 1.82 bits per heavy atom. The number of aryl methyl sites for hydroxylation is 1. The number of esters is 2. The average Bonchev–Trinajstić information content (AvgIpc) is 3.42. The highest BCUT2D eigenvalue weighted by molar-refractivity contribution is 5.92. The van der Waals surface area contributed by atoms with Crippen LogP contribution in [0.5, 0.6) is 11.5 Å². The van der Waals surface area contributed by atoms with E-state index in [-0.39, 0.29) is 29.9 Å². The minimum absolute atomic E-state index is 0.0748. The van der Waals surface area contributed by atoms with Crippen LogP contribution >= 0.6 is 0 Å². The fourth-order valence-corrected chi connectivity index (χ4v) is 9.59. The molecule has 5 atom stereocenters. The fourth-order valence-electron chi connectivity index (χ4n) is 9.59. The standard InChI is InChI=1S/C42H48N2O6/c1-27(2)26-44(37(47)17-14-32-13-9-10-28(3)24-32)34-18-20-42(50-30(5)46)36-25-33-15-16-35(48-29(4)45)39-38(33)41(42,40(34)49-39)21-23-43(36)22-19-31-11-7-6-8-12-31/h6-17,24,27,34,36,40H,18-23,25-26H2,1-5H3/t34-,36-,40+,41+,42-/m1/s1. The lowest BCUT2D eigenvalue weighted by Crippen LogP contribution is -2.79. The Morgan fingerprint density at radius 3 is 2.54 bits per heavy atom. The first-order chi connectivity index (χ1) is 24.0. The van der Waals surface area contributed by atoms with Crippen LogP contribution in [0.2, 0.25) is 0 Å². The van der Waals surface area contributed by atoms with Crippen molar-refractivity contribution in [1.29, 1.82) is 0 Å². The van der Waals surface area contributed by atoms with Crippen LogP contribution in [-0.4, -0.2) is 71.1 Å². The van der Waals surface area contributed by atoms with Crippen molar-refractivity contribution >= 4 is 23.9 Å². The highest BCUT2D eigenvalue weighted by Gasteiger charge is 2.75. The molecule has 0 aromatic heterocycles. The lowest BCUT2D eigenvalue weighted by molar-refractivity contribution is -0.224. The first-order valence-corrected chi connectivity index (χ1v) is 18.1. The number of nitrogens with zero attached hydrogens (tertiary/aromatic N) is 2. The molecule has 2 bridgehead atoms. The summed E-state index contributed by atoms with van der Waals surface area (Å²) in [5.41, 5.74) is 3.86. The third-order valence-electron chi connectivity index (χ3n) is 11.3. The van der Waals surface area contributed by atoms with Crippen molar-refractivity contribution in [2.24, 2.45) is 5.92 Å². The molecule has 0 N–H and O–H groups in total. The number of likely N-dealkylation sites (tertiary alicyclic amines) is 1. The van der Waals surface area contributed by atoms with Gasteiger partial charge in [0.2, 0.25) is 5.91 Å². The Bertz CT molecular complexity index is 1820. The van der Waals surface area contributed by atoms with Gasteiger partial charge in [-0.2, -0.15) is 0 Å². The number of carbonyl (C=O) groups excluding carboxylic acids is 3. The molecular weight excluding hydrogens is 628 g/mol. The first kappa shape index (κ1) is 34.0. The number of amides is 1. The second-order valence-electron chi connectivity index (χ2n) is 15.0. The summed E-state index contributed by atoms with van der Waals surface area (Å²) in [5.74, 6) is 0.312. The maximum absolute atomic E-state index is 14.3. The monoisotopic (exact) mass is 676 g/mol. The van der Waals surface area contributed by atoms with Crippen LogP contribution in [0.1, 0.15) is 74.8 Å². The molecule has 3 aromatic carbocycles. The largest absolute Gasteiger partial charge is 0.483 e. The van der Waals surface area contributed by atoms with Crippen molar-refractivity contribution < 1.29 is 28.6 Å². The van der Waals surface area contributed by atoms with Crippen molar-refractivity contribution in [2.75, 3.05) is 19.6 Å². The lowest BCUT2D eigenvalue weighted by Gasteiger charge is -2.65. The quantitative estimate of drug-likeness (QED) is 0.139. The zero-order valence-corrected chi connectivity index (χ0v) is 29.8. The molecule has 1 amide bonds. The predicted molar refractivity (Wildman–Crippen MR) is 192 cm³/mol. The molecule has 0 radical (unpaired) electrons. The van der Waals surface area contributed by atoms with Crippen LogP contribution in [0.3, 0.4) is 0 Å². The van der Waals surface area contributed by atoms with Crippen LogP contribution < -0.4 is 9.47 Å². The molecule has 2 aliphatic heterocycles. The highest BCUT2D eigenvalue weighted by Crippen LogP contribution is 2.67. The van der Waals surface area contributed by atoms with Gasteiger partial charge in [-0.3, -0.25) is 19.3 Å². The summed E-state index contributed by atoms with van der Waals surface area (Å²) < 4.78 is 19.6. The third kappa shape index (κ3) is 5.81. The van der Waals surface area contributed by atoms with E-state index in [0.717, 1.165) is 41.8 Å². The summed E-state index contributed by atoms with van der Waals surface area (Å²) >= 11 is 0. The normalized spacial score (nSPS) is 26.3. The van der Waals surface area contributed by atoms with Crippen molar-refractivity contribution in [1.82, 2.24) is 9.80 Å². The van der Waals surface area contributed by atoms with Gasteiger partial charge < -0.3 is 19.1 Å². The van der Waals surface area contributed by atoms with Gasteiger partial charge >= 0.3 is 11.9 Å². The number of ether oxygens (including phenoxy) is 3. The number of piperidine rings is 1. The van der Waals surface area contributed by atoms with E-state index in [9.17, 15) is 14.4 Å². The fraction of sp³-hybridized carbons (Fsp3) is 0.452. The molecular formula is C42H48N2O6. The summed E-state index contributed by atoms with van der Waals surface area (Å²) in [6.45, 7) is 11.3. The van der Waals surface area contributed by atoms with Crippen LogP contribution in [0.4, 0.5) is 0 Å². The smallest absolute Gasteiger partial charge is 0.308 e. The van der Waals surface area contributed by atoms with Crippen LogP contribution in [0.15, 0.2) is 72.8 Å². The van der Waals surface area contributed by atoms with E-state index in [4.69, 9.17) is 14.2 Å². The van der Waals surface area contributed by atoms with Gasteiger partial charge in [-0.05, 0) is 80.3 Å². The average molecular weight is 677 g/mol. The molecule has 50 heavy (non-hydrogen) atoms. The number of rotatable bonds is 10. The molecule has 2 fully saturated rings. The predicted octanol–water partition coefficient (Wildman–Crippen LogP) is 6.45. The zero-order chi connectivity index (χ0) is 35.2. The molecule has 0 unspecified atom stereocenters. The van der Waals surface area contributed by atoms with Crippen LogP contribution in [0.25, 0.3) is 6.08 Å². The zero-order valence-electron chi connectivity index (χ0n) is 29.8. The Labute approximate surface area is 295 Å². The van der Waals surface area contributed by atoms with Crippen molar-refractivity contribution in [3.63, 3.8) is 0 Å². The van der Waals surface area contributed by atoms with Gasteiger partial charge in [-0.15, -0.1) is 0 Å². The van der Waals surface area contributed by atoms with Gasteiger partial charge in [0.25, 0.3) is 0 Å². The molecule has 1 saturated carbocycles. The number of benzene rings is 3. The SMILES string of the molecule is CC(=O)Oc1ccc2c3c1O[C@H]1[C@H](N(CC(C)C)C(=O)C=Cc4cccc(C)c4)CC[C@@]4(OC(C)=O)[C@@H](C2)N(CCc2ccccc2)CC[C@]314. The number of carbonyl (C=O) groups is 3. The van der Waals surface area contributed by atoms with E-state index in [1.165, 1.54) is 19.4 Å². The summed E-state index contributed by atoms with van der Waals surface area (Å²) in [4.78, 5) is 44.3. The Kier molecular flexibility index (Phi) is 9.10. The van der Waals surface area contributed by atoms with E-state index < -0.39 is 23.1 Å². The minimum Gasteiger partial charge on any atom is -0.483 e. The van der Waals surface area contributed by atoms with E-state index in [1.54, 1.807) is 6.08 Å². The first-order valence-electron chi connectivity index (χ1n) is 18.1. The second kappa shape index (κ2) is 13.4. The number of hydrogen-bond acceptors (Lipinski definition) is 7. The summed E-state index contributed by atoms with van der Waals surface area (Å²) in [6, 6.07) is 22.1. The molecule has 1 saturated heterocycles. The van der Waals surface area contributed by atoms with E-state index in [2.05, 4.69) is 55.1 Å². The van der Waals surface area contributed by atoms with Crippen molar-refractivity contribution in [3.8, 4) is 11.5 Å². The molecule has 2 heterocycles. The molecule has 4 aliphatic rings. The van der Waals surface area contributed by atoms with Gasteiger partial charge in [0.1, 0.15) is 11.7 Å². The van der Waals surface area contributed by atoms with E-state index in [1.807, 2.05) is 48.2 Å². The van der Waals surface area contributed by atoms with Gasteiger partial charge in [-0.25, -0.2) is 0 Å². The maximum Gasteiger partial charge on any atom is 0.308 e. The van der Waals surface area contributed by atoms with Gasteiger partial charge in [0.05, 0.1) is 17.5 Å². The molecule has 8 nitrogen and oxygen atoms in total. The minimum atomic E-state index is -0.883. The lowest BCUT2D eigenvalue weighted by atomic mass is 9.48. The van der Waals surface area contributed by atoms with Crippen molar-refractivity contribution in [3.05, 3.63) is 101 Å². The third-order valence-corrected chi connectivity index (χ3v) is 11.3. The molecule has 2 aliphatic carbocycles. The van der Waals surface area contributed by atoms with E-state index in [0.29, 0.717) is 43.7 Å². The Morgan fingerprint density at radius 1 is 1.02 bits per heavy atom. The van der Waals surface area contributed by atoms with Gasteiger partial charge in [0.15, 0.2) is 11.5 Å². The van der Waals surface area contributed by atoms with E-state index >= 15 is 0 Å². The summed E-state index contributed by atoms with van der Waals surface area (Å²) in [5, 5.41) is 0. The molecule has 1 spiro atoms. The van der Waals surface area contributed by atoms with Crippen LogP contribution in [-0.2, 0) is 37.4 Å². The highest BCUT2D eigenvalue weighted by atomic mass is 16.6. The topological polar surface area (TPSA) is 85.4 Å². The van der Waals surface area contributed by atoms with Gasteiger partial charge in [0, 0.05) is 38.6 Å². The van der Waals surface area contributed by atoms with Crippen molar-refractivity contribution in [2.45, 2.75) is 95.9 Å². The summed E-state index contributed by atoms with van der Waals surface area (Å²) in [7, 11) is 0. The number of hydrogen-bond donors (Lipinski definition) is 0. The Balaban J connectivity index is 1.33. The second-order valence-corrected chi connectivity index (χ2v) is 15.0. The van der Waals surface area contributed by atoms with Crippen LogP contribution in [0, 0.1) is 12.8 Å². The Hall–Kier alpha value is -4.43. The molecule has 7 rings (SSSR count). The summed E-state index contributed by atoms with van der Waals surface area (Å²) in [6.07, 6.45) is 6.49. The molecule has 8 heteroatoms. The maximum atomic E-state index is 14.3. The van der Waals surface area contributed by atoms with Gasteiger partial charge in [-0.1, -0.05) is 80.1 Å². The molecule has 262 valence electrons. The molecule has 3 aromatic rings.